The fraction of sp³-hybridized carbons (Fsp3) is 0.552. The van der Waals surface area contributed by atoms with Crippen LogP contribution in [0.25, 0.3) is 0 Å². The van der Waals surface area contributed by atoms with Crippen molar-refractivity contribution in [3.63, 3.8) is 0 Å². The summed E-state index contributed by atoms with van der Waals surface area (Å²) < 4.78 is 12.1. The number of nitrogens with zero attached hydrogens (tertiary/aromatic N) is 3. The summed E-state index contributed by atoms with van der Waals surface area (Å²) in [4.78, 5) is 19.2. The standard InChI is InChI=1S/C29H41N3O3/c1-4-18-30(2)29(33)24-13-15-25(16-14-24)31(3)22-27(23-10-6-5-7-11-23)32-19-17-26(21-32)35-28-12-8-9-20-34-28/h5-7,10-11,13-16,26-28H,4,8-9,12,17-22H2,1-3H3/t26-,27-,28?/m0/s1. The molecule has 0 aromatic heterocycles. The molecule has 0 aliphatic carbocycles. The number of carbonyl (C=O) groups is 1. The van der Waals surface area contributed by atoms with Gasteiger partial charge >= 0.3 is 0 Å². The van der Waals surface area contributed by atoms with Crippen molar-refractivity contribution in [2.45, 2.75) is 57.5 Å². The first-order valence-electron chi connectivity index (χ1n) is 13.2. The quantitative estimate of drug-likeness (QED) is 0.482. The number of anilines is 1. The van der Waals surface area contributed by atoms with Crippen molar-refractivity contribution in [3.05, 3.63) is 65.7 Å². The highest BCUT2D eigenvalue weighted by atomic mass is 16.7. The summed E-state index contributed by atoms with van der Waals surface area (Å²) >= 11 is 0. The van der Waals surface area contributed by atoms with E-state index < -0.39 is 0 Å². The first kappa shape index (κ1) is 25.7. The van der Waals surface area contributed by atoms with E-state index in [9.17, 15) is 4.79 Å². The molecule has 35 heavy (non-hydrogen) atoms. The highest BCUT2D eigenvalue weighted by Crippen LogP contribution is 2.30. The Kier molecular flexibility index (Phi) is 9.18. The van der Waals surface area contributed by atoms with E-state index in [1.807, 2.05) is 19.2 Å². The van der Waals surface area contributed by atoms with Gasteiger partial charge in [0.2, 0.25) is 0 Å². The monoisotopic (exact) mass is 479 g/mol. The van der Waals surface area contributed by atoms with Crippen LogP contribution in [0, 0.1) is 0 Å². The Hall–Kier alpha value is -2.41. The van der Waals surface area contributed by atoms with Crippen LogP contribution < -0.4 is 4.90 Å². The van der Waals surface area contributed by atoms with E-state index in [4.69, 9.17) is 9.47 Å². The topological polar surface area (TPSA) is 45.3 Å². The third kappa shape index (κ3) is 6.84. The maximum atomic E-state index is 12.6. The van der Waals surface area contributed by atoms with Gasteiger partial charge in [0.25, 0.3) is 5.91 Å². The second kappa shape index (κ2) is 12.5. The lowest BCUT2D eigenvalue weighted by molar-refractivity contribution is -0.185. The van der Waals surface area contributed by atoms with Gasteiger partial charge in [-0.05, 0) is 61.9 Å². The van der Waals surface area contributed by atoms with Gasteiger partial charge in [-0.1, -0.05) is 37.3 Å². The smallest absolute Gasteiger partial charge is 0.253 e. The van der Waals surface area contributed by atoms with Crippen molar-refractivity contribution in [3.8, 4) is 0 Å². The van der Waals surface area contributed by atoms with E-state index in [0.717, 1.165) is 69.7 Å². The van der Waals surface area contributed by atoms with Gasteiger partial charge in [-0.3, -0.25) is 9.69 Å². The second-order valence-electron chi connectivity index (χ2n) is 9.92. The first-order chi connectivity index (χ1) is 17.0. The number of benzene rings is 2. The Morgan fingerprint density at radius 3 is 2.54 bits per heavy atom. The lowest BCUT2D eigenvalue weighted by Gasteiger charge is -2.33. The highest BCUT2D eigenvalue weighted by molar-refractivity contribution is 5.94. The third-order valence-corrected chi connectivity index (χ3v) is 7.19. The minimum absolute atomic E-state index is 0.0378. The van der Waals surface area contributed by atoms with Crippen molar-refractivity contribution >= 4 is 11.6 Å². The number of hydrogen-bond acceptors (Lipinski definition) is 5. The van der Waals surface area contributed by atoms with E-state index in [1.165, 1.54) is 12.0 Å². The predicted molar refractivity (Wildman–Crippen MR) is 141 cm³/mol. The molecule has 6 heteroatoms. The predicted octanol–water partition coefficient (Wildman–Crippen LogP) is 4.96. The number of carbonyl (C=O) groups excluding carboxylic acids is 1. The molecule has 3 atom stereocenters. The van der Waals surface area contributed by atoms with Gasteiger partial charge in [-0.2, -0.15) is 0 Å². The summed E-state index contributed by atoms with van der Waals surface area (Å²) in [5, 5.41) is 0. The van der Waals surface area contributed by atoms with Crippen LogP contribution >= 0.6 is 0 Å². The molecule has 2 fully saturated rings. The van der Waals surface area contributed by atoms with Gasteiger partial charge in [0, 0.05) is 58.1 Å². The molecule has 0 N–H and O–H groups in total. The van der Waals surface area contributed by atoms with Crippen molar-refractivity contribution < 1.29 is 14.3 Å². The molecule has 6 nitrogen and oxygen atoms in total. The molecule has 190 valence electrons. The first-order valence-corrected chi connectivity index (χ1v) is 13.2. The average molecular weight is 480 g/mol. The Morgan fingerprint density at radius 2 is 1.86 bits per heavy atom. The second-order valence-corrected chi connectivity index (χ2v) is 9.92. The average Bonchev–Trinajstić information content (AvgIpc) is 3.36. The highest BCUT2D eigenvalue weighted by Gasteiger charge is 2.32. The van der Waals surface area contributed by atoms with Crippen LogP contribution in [0.15, 0.2) is 54.6 Å². The molecule has 2 aliphatic heterocycles. The van der Waals surface area contributed by atoms with Crippen LogP contribution in [0.5, 0.6) is 0 Å². The van der Waals surface area contributed by atoms with Crippen LogP contribution in [-0.2, 0) is 9.47 Å². The molecule has 0 bridgehead atoms. The normalized spacial score (nSPS) is 21.6. The maximum absolute atomic E-state index is 12.6. The summed E-state index contributed by atoms with van der Waals surface area (Å²) in [5.74, 6) is 0.0771. The van der Waals surface area contributed by atoms with Crippen molar-refractivity contribution in [2.75, 3.05) is 51.8 Å². The van der Waals surface area contributed by atoms with Crippen LogP contribution in [-0.4, -0.2) is 75.0 Å². The van der Waals surface area contributed by atoms with E-state index in [1.54, 1.807) is 4.90 Å². The lowest BCUT2D eigenvalue weighted by Crippen LogP contribution is -2.37. The van der Waals surface area contributed by atoms with Gasteiger partial charge < -0.3 is 19.3 Å². The Bertz CT molecular complexity index is 915. The molecule has 2 saturated heterocycles. The third-order valence-electron chi connectivity index (χ3n) is 7.19. The van der Waals surface area contributed by atoms with Crippen molar-refractivity contribution in [1.29, 1.82) is 0 Å². The van der Waals surface area contributed by atoms with E-state index in [0.29, 0.717) is 0 Å². The van der Waals surface area contributed by atoms with Crippen LogP contribution in [0.2, 0.25) is 0 Å². The fourth-order valence-electron chi connectivity index (χ4n) is 5.17. The maximum Gasteiger partial charge on any atom is 0.253 e. The molecular weight excluding hydrogens is 438 g/mol. The molecule has 1 amide bonds. The zero-order chi connectivity index (χ0) is 24.6. The number of rotatable bonds is 10. The van der Waals surface area contributed by atoms with Gasteiger partial charge in [-0.15, -0.1) is 0 Å². The Labute approximate surface area is 210 Å². The van der Waals surface area contributed by atoms with Gasteiger partial charge in [0.1, 0.15) is 0 Å². The molecule has 0 saturated carbocycles. The number of likely N-dealkylation sites (tertiary alicyclic amines) is 1. The molecule has 4 rings (SSSR count). The summed E-state index contributed by atoms with van der Waals surface area (Å²) in [6, 6.07) is 19.0. The molecular formula is C29H41N3O3. The fourth-order valence-corrected chi connectivity index (χ4v) is 5.17. The number of ether oxygens (including phenoxy) is 2. The van der Waals surface area contributed by atoms with E-state index in [2.05, 4.69) is 66.2 Å². The zero-order valence-corrected chi connectivity index (χ0v) is 21.6. The number of hydrogen-bond donors (Lipinski definition) is 0. The Morgan fingerprint density at radius 1 is 1.09 bits per heavy atom. The Balaban J connectivity index is 1.42. The molecule has 0 spiro atoms. The lowest BCUT2D eigenvalue weighted by atomic mass is 10.0. The summed E-state index contributed by atoms with van der Waals surface area (Å²) in [6.07, 6.45) is 5.52. The van der Waals surface area contributed by atoms with Crippen molar-refractivity contribution in [2.24, 2.45) is 0 Å². The van der Waals surface area contributed by atoms with Gasteiger partial charge in [0.05, 0.1) is 12.1 Å². The molecule has 2 heterocycles. The molecule has 2 aromatic rings. The molecule has 1 unspecified atom stereocenters. The minimum atomic E-state index is -0.0378. The van der Waals surface area contributed by atoms with Crippen LogP contribution in [0.1, 0.15) is 61.0 Å². The van der Waals surface area contributed by atoms with Crippen molar-refractivity contribution in [1.82, 2.24) is 9.80 Å². The largest absolute Gasteiger partial charge is 0.373 e. The van der Waals surface area contributed by atoms with Gasteiger partial charge in [-0.25, -0.2) is 0 Å². The minimum Gasteiger partial charge on any atom is -0.373 e. The SMILES string of the molecule is CCCN(C)C(=O)c1ccc(N(C)C[C@@H](c2ccccc2)N2CC[C@H](OC3CCCCO3)C2)cc1. The van der Waals surface area contributed by atoms with E-state index >= 15 is 0 Å². The summed E-state index contributed by atoms with van der Waals surface area (Å²) in [7, 11) is 4.00. The summed E-state index contributed by atoms with van der Waals surface area (Å²) in [6.45, 7) is 6.47. The molecule has 2 aliphatic rings. The molecule has 0 radical (unpaired) electrons. The number of amides is 1. The van der Waals surface area contributed by atoms with Gasteiger partial charge in [0.15, 0.2) is 6.29 Å². The molecule has 2 aromatic carbocycles. The van der Waals surface area contributed by atoms with Crippen LogP contribution in [0.4, 0.5) is 5.69 Å². The number of likely N-dealkylation sites (N-methyl/N-ethyl adjacent to an activating group) is 1. The van der Waals surface area contributed by atoms with Crippen LogP contribution in [0.3, 0.4) is 0 Å². The van der Waals surface area contributed by atoms with E-state index in [-0.39, 0.29) is 24.3 Å². The summed E-state index contributed by atoms with van der Waals surface area (Å²) in [5.41, 5.74) is 3.17. The zero-order valence-electron chi connectivity index (χ0n) is 21.6.